The predicted octanol–water partition coefficient (Wildman–Crippen LogP) is 6.35. The van der Waals surface area contributed by atoms with E-state index in [0.717, 1.165) is 44.0 Å². The standard InChI is InChI=1S/C24H14N2O/c1-2-10-18-15(7-1)16-8-3-5-11-20(16)25-23(18)21-14-13-19-17-9-4-6-12-22(17)27-24(19)26-21/h1-14H. The molecule has 0 fully saturated rings. The Hall–Kier alpha value is -3.72. The maximum absolute atomic E-state index is 5.98. The average Bonchev–Trinajstić information content (AvgIpc) is 3.11. The lowest BCUT2D eigenvalue weighted by atomic mass is 10.0. The Bertz CT molecular complexity index is 1480. The maximum atomic E-state index is 5.98. The van der Waals surface area contributed by atoms with Gasteiger partial charge in [-0.05, 0) is 29.7 Å². The molecule has 6 rings (SSSR count). The van der Waals surface area contributed by atoms with Crippen LogP contribution >= 0.6 is 0 Å². The highest BCUT2D eigenvalue weighted by molar-refractivity contribution is 6.11. The number of hydrogen-bond donors (Lipinski definition) is 0. The largest absolute Gasteiger partial charge is 0.438 e. The third-order valence-corrected chi connectivity index (χ3v) is 5.10. The highest BCUT2D eigenvalue weighted by atomic mass is 16.3. The van der Waals surface area contributed by atoms with E-state index in [9.17, 15) is 0 Å². The van der Waals surface area contributed by atoms with Crippen LogP contribution in [-0.2, 0) is 0 Å². The SMILES string of the molecule is c1ccc2c(c1)nc(-c1ccc3c(n1)oc1ccccc13)c1ccccc12. The van der Waals surface area contributed by atoms with Gasteiger partial charge in [0.05, 0.1) is 16.9 Å². The second kappa shape index (κ2) is 5.39. The Balaban J connectivity index is 1.70. The number of fused-ring (bicyclic) bond motifs is 6. The minimum absolute atomic E-state index is 0.646. The van der Waals surface area contributed by atoms with Gasteiger partial charge in [0.25, 0.3) is 0 Å². The van der Waals surface area contributed by atoms with Crippen molar-refractivity contribution in [1.82, 2.24) is 9.97 Å². The summed E-state index contributed by atoms with van der Waals surface area (Å²) in [5.74, 6) is 0. The first-order valence-electron chi connectivity index (χ1n) is 8.95. The van der Waals surface area contributed by atoms with Crippen LogP contribution in [0.25, 0.3) is 55.1 Å². The summed E-state index contributed by atoms with van der Waals surface area (Å²) in [6.45, 7) is 0. The summed E-state index contributed by atoms with van der Waals surface area (Å²) >= 11 is 0. The zero-order valence-corrected chi connectivity index (χ0v) is 14.4. The van der Waals surface area contributed by atoms with Gasteiger partial charge in [-0.15, -0.1) is 0 Å². The number of pyridine rings is 2. The molecule has 0 aliphatic rings. The lowest BCUT2D eigenvalue weighted by molar-refractivity contribution is 0.654. The molecule has 6 aromatic rings. The van der Waals surface area contributed by atoms with Gasteiger partial charge in [-0.3, -0.25) is 0 Å². The molecule has 0 unspecified atom stereocenters. The van der Waals surface area contributed by atoms with Crippen molar-refractivity contribution < 1.29 is 4.42 Å². The van der Waals surface area contributed by atoms with E-state index in [1.54, 1.807) is 0 Å². The van der Waals surface area contributed by atoms with Crippen molar-refractivity contribution in [3.05, 3.63) is 84.9 Å². The number of hydrogen-bond acceptors (Lipinski definition) is 3. The van der Waals surface area contributed by atoms with E-state index in [4.69, 9.17) is 14.4 Å². The van der Waals surface area contributed by atoms with Gasteiger partial charge in [-0.2, -0.15) is 0 Å². The molecule has 0 radical (unpaired) electrons. The van der Waals surface area contributed by atoms with Gasteiger partial charge in [-0.25, -0.2) is 9.97 Å². The monoisotopic (exact) mass is 346 g/mol. The molecular weight excluding hydrogens is 332 g/mol. The lowest BCUT2D eigenvalue weighted by Gasteiger charge is -2.09. The van der Waals surface area contributed by atoms with E-state index in [2.05, 4.69) is 42.5 Å². The molecule has 0 spiro atoms. The predicted molar refractivity (Wildman–Crippen MR) is 110 cm³/mol. The van der Waals surface area contributed by atoms with Crippen LogP contribution < -0.4 is 0 Å². The molecule has 126 valence electrons. The third kappa shape index (κ3) is 2.09. The van der Waals surface area contributed by atoms with Crippen molar-refractivity contribution in [3.63, 3.8) is 0 Å². The Morgan fingerprint density at radius 1 is 0.519 bits per heavy atom. The van der Waals surface area contributed by atoms with Crippen molar-refractivity contribution >= 4 is 43.7 Å². The fourth-order valence-corrected chi connectivity index (χ4v) is 3.84. The fourth-order valence-electron chi connectivity index (χ4n) is 3.84. The van der Waals surface area contributed by atoms with Crippen molar-refractivity contribution in [2.45, 2.75) is 0 Å². The van der Waals surface area contributed by atoms with Crippen LogP contribution in [0, 0.1) is 0 Å². The number of para-hydroxylation sites is 2. The summed E-state index contributed by atoms with van der Waals surface area (Å²) < 4.78 is 5.98. The number of nitrogens with zero attached hydrogens (tertiary/aromatic N) is 2. The summed E-state index contributed by atoms with van der Waals surface area (Å²) in [5, 5.41) is 5.55. The van der Waals surface area contributed by atoms with E-state index >= 15 is 0 Å². The third-order valence-electron chi connectivity index (χ3n) is 5.10. The van der Waals surface area contributed by atoms with Gasteiger partial charge in [-0.1, -0.05) is 60.7 Å². The Morgan fingerprint density at radius 2 is 1.22 bits per heavy atom. The van der Waals surface area contributed by atoms with Crippen LogP contribution in [0.15, 0.2) is 89.3 Å². The molecule has 0 aliphatic heterocycles. The topological polar surface area (TPSA) is 38.9 Å². The molecule has 3 aromatic heterocycles. The summed E-state index contributed by atoms with van der Waals surface area (Å²) in [6.07, 6.45) is 0. The summed E-state index contributed by atoms with van der Waals surface area (Å²) in [6, 6.07) is 28.7. The summed E-state index contributed by atoms with van der Waals surface area (Å²) in [4.78, 5) is 9.74. The molecule has 0 saturated carbocycles. The molecule has 0 saturated heterocycles. The molecule has 3 nitrogen and oxygen atoms in total. The Kier molecular flexibility index (Phi) is 2.88. The number of furan rings is 1. The first-order chi connectivity index (χ1) is 13.4. The molecule has 0 atom stereocenters. The average molecular weight is 346 g/mol. The first kappa shape index (κ1) is 14.4. The van der Waals surface area contributed by atoms with Gasteiger partial charge < -0.3 is 4.42 Å². The zero-order valence-electron chi connectivity index (χ0n) is 14.4. The fraction of sp³-hybridized carbons (Fsp3) is 0. The molecule has 3 heterocycles. The van der Waals surface area contributed by atoms with Gasteiger partial charge in [0.15, 0.2) is 0 Å². The zero-order chi connectivity index (χ0) is 17.8. The lowest BCUT2D eigenvalue weighted by Crippen LogP contribution is -1.91. The minimum atomic E-state index is 0.646. The quantitative estimate of drug-likeness (QED) is 0.326. The van der Waals surface area contributed by atoms with Crippen LogP contribution in [-0.4, -0.2) is 9.97 Å². The maximum Gasteiger partial charge on any atom is 0.227 e. The molecule has 0 N–H and O–H groups in total. The molecule has 27 heavy (non-hydrogen) atoms. The van der Waals surface area contributed by atoms with Crippen LogP contribution in [0.2, 0.25) is 0 Å². The summed E-state index contributed by atoms with van der Waals surface area (Å²) in [5.41, 5.74) is 4.18. The highest BCUT2D eigenvalue weighted by Crippen LogP contribution is 2.34. The van der Waals surface area contributed by atoms with Crippen LogP contribution in [0.3, 0.4) is 0 Å². The number of aromatic nitrogens is 2. The van der Waals surface area contributed by atoms with Gasteiger partial charge in [0, 0.05) is 21.5 Å². The molecule has 3 heteroatoms. The normalized spacial score (nSPS) is 11.7. The van der Waals surface area contributed by atoms with Gasteiger partial charge in [0.1, 0.15) is 5.58 Å². The van der Waals surface area contributed by atoms with E-state index in [-0.39, 0.29) is 0 Å². The van der Waals surface area contributed by atoms with Crippen LogP contribution in [0.5, 0.6) is 0 Å². The first-order valence-corrected chi connectivity index (χ1v) is 8.95. The number of rotatable bonds is 1. The van der Waals surface area contributed by atoms with E-state index < -0.39 is 0 Å². The molecule has 3 aromatic carbocycles. The van der Waals surface area contributed by atoms with Crippen molar-refractivity contribution in [2.24, 2.45) is 0 Å². The molecule has 0 bridgehead atoms. The molecule has 0 amide bonds. The Morgan fingerprint density at radius 3 is 2.11 bits per heavy atom. The van der Waals surface area contributed by atoms with Crippen molar-refractivity contribution in [3.8, 4) is 11.4 Å². The van der Waals surface area contributed by atoms with Crippen LogP contribution in [0.1, 0.15) is 0 Å². The van der Waals surface area contributed by atoms with Crippen molar-refractivity contribution in [1.29, 1.82) is 0 Å². The van der Waals surface area contributed by atoms with Crippen molar-refractivity contribution in [2.75, 3.05) is 0 Å². The van der Waals surface area contributed by atoms with Gasteiger partial charge >= 0.3 is 0 Å². The van der Waals surface area contributed by atoms with E-state index in [1.165, 1.54) is 5.39 Å². The smallest absolute Gasteiger partial charge is 0.227 e. The van der Waals surface area contributed by atoms with Crippen LogP contribution in [0.4, 0.5) is 0 Å². The molecular formula is C24H14N2O. The van der Waals surface area contributed by atoms with E-state index in [0.29, 0.717) is 5.71 Å². The second-order valence-electron chi connectivity index (χ2n) is 6.67. The van der Waals surface area contributed by atoms with Gasteiger partial charge in [0.2, 0.25) is 5.71 Å². The minimum Gasteiger partial charge on any atom is -0.438 e. The Labute approximate surface area is 154 Å². The number of benzene rings is 3. The second-order valence-corrected chi connectivity index (χ2v) is 6.67. The highest BCUT2D eigenvalue weighted by Gasteiger charge is 2.14. The summed E-state index contributed by atoms with van der Waals surface area (Å²) in [7, 11) is 0. The van der Waals surface area contributed by atoms with E-state index in [1.807, 2.05) is 42.5 Å². The molecule has 0 aliphatic carbocycles.